The largest absolute Gasteiger partial charge is 0.496 e. The molecule has 0 saturated carbocycles. The van der Waals surface area contributed by atoms with Crippen LogP contribution in [0.1, 0.15) is 40.3 Å². The van der Waals surface area contributed by atoms with Crippen molar-refractivity contribution < 1.29 is 9.84 Å². The molecule has 0 aliphatic heterocycles. The van der Waals surface area contributed by atoms with Gasteiger partial charge in [0, 0.05) is 12.0 Å². The Labute approximate surface area is 126 Å². The van der Waals surface area contributed by atoms with Crippen LogP contribution in [0.4, 0.5) is 0 Å². The molecule has 1 unspecified atom stereocenters. The molecule has 1 aliphatic rings. The van der Waals surface area contributed by atoms with Crippen molar-refractivity contribution in [1.29, 1.82) is 0 Å². The number of aliphatic hydroxyl groups is 1. The highest BCUT2D eigenvalue weighted by atomic mass is 16.5. The van der Waals surface area contributed by atoms with Gasteiger partial charge in [-0.25, -0.2) is 0 Å². The fourth-order valence-corrected chi connectivity index (χ4v) is 3.20. The molecule has 2 aromatic carbocycles. The van der Waals surface area contributed by atoms with E-state index in [1.807, 2.05) is 25.1 Å². The van der Waals surface area contributed by atoms with Crippen LogP contribution < -0.4 is 4.74 Å². The summed E-state index contributed by atoms with van der Waals surface area (Å²) in [6.45, 7) is 2.03. The van der Waals surface area contributed by atoms with Gasteiger partial charge < -0.3 is 9.84 Å². The lowest BCUT2D eigenvalue weighted by molar-refractivity contribution is 0.174. The first-order valence-corrected chi connectivity index (χ1v) is 7.60. The smallest absolute Gasteiger partial charge is 0.124 e. The highest BCUT2D eigenvalue weighted by molar-refractivity contribution is 5.40. The number of fused-ring (bicyclic) bond motifs is 1. The summed E-state index contributed by atoms with van der Waals surface area (Å²) in [5, 5.41) is 10.6. The quantitative estimate of drug-likeness (QED) is 0.925. The van der Waals surface area contributed by atoms with Gasteiger partial charge >= 0.3 is 0 Å². The van der Waals surface area contributed by atoms with Crippen molar-refractivity contribution in [1.82, 2.24) is 0 Å². The van der Waals surface area contributed by atoms with Gasteiger partial charge in [0.05, 0.1) is 13.2 Å². The molecule has 2 nitrogen and oxygen atoms in total. The van der Waals surface area contributed by atoms with Crippen LogP contribution in [0.15, 0.2) is 36.4 Å². The van der Waals surface area contributed by atoms with E-state index in [2.05, 4.69) is 18.2 Å². The molecule has 21 heavy (non-hydrogen) atoms. The number of rotatable bonds is 4. The fourth-order valence-electron chi connectivity index (χ4n) is 3.20. The first-order valence-electron chi connectivity index (χ1n) is 7.60. The number of ether oxygens (including phenoxy) is 1. The zero-order valence-electron chi connectivity index (χ0n) is 12.7. The predicted molar refractivity (Wildman–Crippen MR) is 84.9 cm³/mol. The summed E-state index contributed by atoms with van der Waals surface area (Å²) >= 11 is 0. The van der Waals surface area contributed by atoms with Gasteiger partial charge in [-0.1, -0.05) is 29.8 Å². The van der Waals surface area contributed by atoms with E-state index < -0.39 is 6.10 Å². The van der Waals surface area contributed by atoms with Crippen LogP contribution >= 0.6 is 0 Å². The van der Waals surface area contributed by atoms with Gasteiger partial charge in [-0.2, -0.15) is 0 Å². The molecule has 110 valence electrons. The molecule has 2 aromatic rings. The van der Waals surface area contributed by atoms with Gasteiger partial charge in [0.25, 0.3) is 0 Å². The Morgan fingerprint density at radius 2 is 1.90 bits per heavy atom. The van der Waals surface area contributed by atoms with Crippen molar-refractivity contribution in [3.63, 3.8) is 0 Å². The van der Waals surface area contributed by atoms with Crippen LogP contribution in [0.3, 0.4) is 0 Å². The molecule has 1 aliphatic carbocycles. The Kier molecular flexibility index (Phi) is 3.98. The first kappa shape index (κ1) is 14.2. The molecule has 3 rings (SSSR count). The first-order chi connectivity index (χ1) is 10.2. The maximum Gasteiger partial charge on any atom is 0.124 e. The number of benzene rings is 2. The minimum atomic E-state index is -0.528. The molecular weight excluding hydrogens is 260 g/mol. The third-order valence-electron chi connectivity index (χ3n) is 4.34. The second-order valence-corrected chi connectivity index (χ2v) is 5.92. The lowest BCUT2D eigenvalue weighted by Crippen LogP contribution is -2.05. The van der Waals surface area contributed by atoms with Crippen LogP contribution in [-0.4, -0.2) is 12.2 Å². The highest BCUT2D eigenvalue weighted by Crippen LogP contribution is 2.30. The van der Waals surface area contributed by atoms with Crippen LogP contribution in [0.25, 0.3) is 0 Å². The topological polar surface area (TPSA) is 29.5 Å². The Morgan fingerprint density at radius 3 is 2.71 bits per heavy atom. The summed E-state index contributed by atoms with van der Waals surface area (Å²) in [5.74, 6) is 0.759. The van der Waals surface area contributed by atoms with E-state index in [1.165, 1.54) is 36.0 Å². The summed E-state index contributed by atoms with van der Waals surface area (Å²) < 4.78 is 5.37. The number of aliphatic hydroxyl groups excluding tert-OH is 1. The van der Waals surface area contributed by atoms with Crippen LogP contribution in [0.2, 0.25) is 0 Å². The fraction of sp³-hybridized carbons (Fsp3) is 0.368. The summed E-state index contributed by atoms with van der Waals surface area (Å²) in [6, 6.07) is 12.6. The van der Waals surface area contributed by atoms with Crippen LogP contribution in [0.5, 0.6) is 5.75 Å². The summed E-state index contributed by atoms with van der Waals surface area (Å²) in [7, 11) is 1.65. The highest BCUT2D eigenvalue weighted by Gasteiger charge is 2.16. The summed E-state index contributed by atoms with van der Waals surface area (Å²) in [4.78, 5) is 0. The molecule has 0 spiro atoms. The van der Waals surface area contributed by atoms with Gasteiger partial charge in [-0.15, -0.1) is 0 Å². The van der Waals surface area contributed by atoms with E-state index in [0.717, 1.165) is 16.9 Å². The van der Waals surface area contributed by atoms with E-state index in [9.17, 15) is 5.11 Å². The molecule has 0 bridgehead atoms. The molecule has 0 aromatic heterocycles. The van der Waals surface area contributed by atoms with E-state index in [0.29, 0.717) is 6.42 Å². The lowest BCUT2D eigenvalue weighted by atomic mass is 9.97. The zero-order chi connectivity index (χ0) is 14.8. The number of aryl methyl sites for hydroxylation is 3. The normalized spacial score (nSPS) is 14.8. The standard InChI is InChI=1S/C19H22O2/c1-13-6-9-19(21-2)17(10-13)18(20)12-14-7-8-15-4-3-5-16(15)11-14/h6-11,18,20H,3-5,12H2,1-2H3. The van der Waals surface area contributed by atoms with E-state index in [-0.39, 0.29) is 0 Å². The molecule has 0 amide bonds. The number of methoxy groups -OCH3 is 1. The van der Waals surface area contributed by atoms with Crippen molar-refractivity contribution in [2.45, 2.75) is 38.7 Å². The van der Waals surface area contributed by atoms with Gasteiger partial charge in [0.2, 0.25) is 0 Å². The van der Waals surface area contributed by atoms with Crippen molar-refractivity contribution in [3.8, 4) is 5.75 Å². The lowest BCUT2D eigenvalue weighted by Gasteiger charge is -2.16. The van der Waals surface area contributed by atoms with E-state index >= 15 is 0 Å². The van der Waals surface area contributed by atoms with Crippen molar-refractivity contribution in [3.05, 3.63) is 64.2 Å². The van der Waals surface area contributed by atoms with Crippen molar-refractivity contribution in [2.75, 3.05) is 7.11 Å². The number of hydrogen-bond donors (Lipinski definition) is 1. The maximum absolute atomic E-state index is 10.6. The molecule has 2 heteroatoms. The molecule has 0 heterocycles. The third kappa shape index (κ3) is 2.96. The van der Waals surface area contributed by atoms with E-state index in [1.54, 1.807) is 7.11 Å². The molecular formula is C19H22O2. The van der Waals surface area contributed by atoms with Gasteiger partial charge in [-0.05, 0) is 55.0 Å². The second-order valence-electron chi connectivity index (χ2n) is 5.92. The molecule has 0 saturated heterocycles. The van der Waals surface area contributed by atoms with Crippen LogP contribution in [-0.2, 0) is 19.3 Å². The Morgan fingerprint density at radius 1 is 1.10 bits per heavy atom. The Hall–Kier alpha value is -1.80. The summed E-state index contributed by atoms with van der Waals surface area (Å²) in [6.07, 6.45) is 3.73. The second kappa shape index (κ2) is 5.90. The van der Waals surface area contributed by atoms with E-state index in [4.69, 9.17) is 4.74 Å². The SMILES string of the molecule is COc1ccc(C)cc1C(O)Cc1ccc2c(c1)CCC2. The van der Waals surface area contributed by atoms with Crippen molar-refractivity contribution in [2.24, 2.45) is 0 Å². The zero-order valence-corrected chi connectivity index (χ0v) is 12.7. The number of hydrogen-bond acceptors (Lipinski definition) is 2. The monoisotopic (exact) mass is 282 g/mol. The molecule has 1 atom stereocenters. The summed E-state index contributed by atoms with van der Waals surface area (Å²) in [5.41, 5.74) is 6.14. The minimum absolute atomic E-state index is 0.528. The Bertz CT molecular complexity index is 646. The molecule has 0 fully saturated rings. The maximum atomic E-state index is 10.6. The molecule has 0 radical (unpaired) electrons. The molecule has 1 N–H and O–H groups in total. The van der Waals surface area contributed by atoms with Crippen molar-refractivity contribution >= 4 is 0 Å². The average molecular weight is 282 g/mol. The average Bonchev–Trinajstić information content (AvgIpc) is 2.94. The van der Waals surface area contributed by atoms with Gasteiger partial charge in [0.15, 0.2) is 0 Å². The van der Waals surface area contributed by atoms with Gasteiger partial charge in [-0.3, -0.25) is 0 Å². The van der Waals surface area contributed by atoms with Crippen LogP contribution in [0, 0.1) is 6.92 Å². The van der Waals surface area contributed by atoms with Gasteiger partial charge in [0.1, 0.15) is 5.75 Å². The third-order valence-corrected chi connectivity index (χ3v) is 4.34. The Balaban J connectivity index is 1.83. The minimum Gasteiger partial charge on any atom is -0.496 e. The predicted octanol–water partition coefficient (Wildman–Crippen LogP) is 3.77.